The Hall–Kier alpha value is -2.28. The molecule has 2 N–H and O–H groups in total. The smallest absolute Gasteiger partial charge is 0.241 e. The number of nitrogens with one attached hydrogen (secondary N) is 2. The summed E-state index contributed by atoms with van der Waals surface area (Å²) in [5.41, 5.74) is 1.08. The molecular weight excluding hydrogens is 356 g/mol. The number of carbonyl (C=O) groups excluding carboxylic acids is 1. The van der Waals surface area contributed by atoms with E-state index in [0.29, 0.717) is 19.1 Å². The van der Waals surface area contributed by atoms with Gasteiger partial charge in [-0.15, -0.1) is 0 Å². The number of guanidine groups is 1. The lowest BCUT2D eigenvalue weighted by molar-refractivity contribution is -0.130. The molecule has 1 heterocycles. The summed E-state index contributed by atoms with van der Waals surface area (Å²) in [5.74, 6) is 1.61. The maximum atomic E-state index is 12.4. The first-order valence-corrected chi connectivity index (χ1v) is 10.2. The first-order valence-electron chi connectivity index (χ1n) is 10.2. The Balaban J connectivity index is 1.87. The van der Waals surface area contributed by atoms with Crippen molar-refractivity contribution in [1.29, 1.82) is 0 Å². The predicted molar refractivity (Wildman–Crippen MR) is 112 cm³/mol. The number of methoxy groups -OCH3 is 1. The van der Waals surface area contributed by atoms with Crippen LogP contribution >= 0.6 is 0 Å². The highest BCUT2D eigenvalue weighted by atomic mass is 16.5. The Kier molecular flexibility index (Phi) is 10.2. The lowest BCUT2D eigenvalue weighted by atomic mass is 10.1. The van der Waals surface area contributed by atoms with Crippen LogP contribution in [0.5, 0.6) is 5.75 Å². The monoisotopic (exact) mass is 390 g/mol. The van der Waals surface area contributed by atoms with Crippen molar-refractivity contribution in [2.45, 2.75) is 39.2 Å². The second-order valence-electron chi connectivity index (χ2n) is 6.79. The molecular formula is C21H34N4O3. The summed E-state index contributed by atoms with van der Waals surface area (Å²) < 4.78 is 10.6. The minimum atomic E-state index is 0.132. The molecule has 1 fully saturated rings. The lowest BCUT2D eigenvalue weighted by Gasteiger charge is -2.27. The molecule has 7 heteroatoms. The van der Waals surface area contributed by atoms with Gasteiger partial charge in [0.15, 0.2) is 5.96 Å². The number of rotatable bonds is 10. The molecule has 7 nitrogen and oxygen atoms in total. The van der Waals surface area contributed by atoms with E-state index in [-0.39, 0.29) is 12.5 Å². The van der Waals surface area contributed by atoms with Crippen LogP contribution in [0, 0.1) is 0 Å². The van der Waals surface area contributed by atoms with E-state index in [0.717, 1.165) is 56.8 Å². The van der Waals surface area contributed by atoms with Crippen molar-refractivity contribution in [3.63, 3.8) is 0 Å². The molecule has 1 amide bonds. The van der Waals surface area contributed by atoms with Gasteiger partial charge in [0.25, 0.3) is 0 Å². The highest BCUT2D eigenvalue weighted by Crippen LogP contribution is 2.12. The van der Waals surface area contributed by atoms with Crippen LogP contribution in [0.2, 0.25) is 0 Å². The molecule has 1 aliphatic heterocycles. The third-order valence-electron chi connectivity index (χ3n) is 4.66. The zero-order valence-corrected chi connectivity index (χ0v) is 17.2. The molecule has 2 rings (SSSR count). The van der Waals surface area contributed by atoms with Gasteiger partial charge < -0.3 is 25.0 Å². The summed E-state index contributed by atoms with van der Waals surface area (Å²) in [7, 11) is 1.65. The molecule has 0 radical (unpaired) electrons. The van der Waals surface area contributed by atoms with Gasteiger partial charge in [0, 0.05) is 32.8 Å². The van der Waals surface area contributed by atoms with Crippen LogP contribution in [0.4, 0.5) is 0 Å². The van der Waals surface area contributed by atoms with Crippen molar-refractivity contribution in [3.05, 3.63) is 29.8 Å². The summed E-state index contributed by atoms with van der Waals surface area (Å²) in [5, 5.41) is 6.48. The van der Waals surface area contributed by atoms with Gasteiger partial charge in [-0.1, -0.05) is 12.1 Å². The highest BCUT2D eigenvalue weighted by Gasteiger charge is 2.16. The van der Waals surface area contributed by atoms with Gasteiger partial charge in [-0.05, 0) is 50.3 Å². The number of hydrogen-bond donors (Lipinski definition) is 2. The molecule has 1 saturated heterocycles. The number of benzene rings is 1. The fourth-order valence-electron chi connectivity index (χ4n) is 3.02. The van der Waals surface area contributed by atoms with E-state index in [1.54, 1.807) is 7.11 Å². The number of hydrogen-bond acceptors (Lipinski definition) is 4. The largest absolute Gasteiger partial charge is 0.497 e. The van der Waals surface area contributed by atoms with Crippen molar-refractivity contribution in [1.82, 2.24) is 15.5 Å². The summed E-state index contributed by atoms with van der Waals surface area (Å²) in [6, 6.07) is 7.84. The Bertz CT molecular complexity index is 598. The second kappa shape index (κ2) is 13.0. The van der Waals surface area contributed by atoms with Crippen molar-refractivity contribution < 1.29 is 14.3 Å². The van der Waals surface area contributed by atoms with Crippen molar-refractivity contribution in [3.8, 4) is 5.75 Å². The van der Waals surface area contributed by atoms with E-state index in [2.05, 4.69) is 15.6 Å². The van der Waals surface area contributed by atoms with Crippen LogP contribution in [-0.2, 0) is 16.1 Å². The third kappa shape index (κ3) is 8.17. The third-order valence-corrected chi connectivity index (χ3v) is 4.66. The Labute approximate surface area is 168 Å². The zero-order chi connectivity index (χ0) is 20.0. The van der Waals surface area contributed by atoms with Crippen LogP contribution in [0.3, 0.4) is 0 Å². The minimum absolute atomic E-state index is 0.132. The standard InChI is InChI=1S/C21H34N4O3/c1-3-28-15-7-12-22-21(23-16-18-8-10-19(27-2)11-9-18)24-17-20(26)25-13-5-4-6-14-25/h8-11H,3-7,12-17H2,1-2H3,(H2,22,23,24). The molecule has 0 aliphatic carbocycles. The van der Waals surface area contributed by atoms with Gasteiger partial charge >= 0.3 is 0 Å². The van der Waals surface area contributed by atoms with Gasteiger partial charge in [-0.3, -0.25) is 4.79 Å². The van der Waals surface area contributed by atoms with Gasteiger partial charge in [0.05, 0.1) is 20.2 Å². The summed E-state index contributed by atoms with van der Waals surface area (Å²) >= 11 is 0. The molecule has 0 saturated carbocycles. The normalized spacial score (nSPS) is 14.6. The topological polar surface area (TPSA) is 75.2 Å². The molecule has 0 spiro atoms. The first kappa shape index (κ1) is 22.0. The van der Waals surface area contributed by atoms with Crippen molar-refractivity contribution in [2.24, 2.45) is 4.99 Å². The van der Waals surface area contributed by atoms with Crippen LogP contribution in [0.25, 0.3) is 0 Å². The van der Waals surface area contributed by atoms with E-state index in [9.17, 15) is 4.79 Å². The van der Waals surface area contributed by atoms with Gasteiger partial charge in [-0.2, -0.15) is 0 Å². The first-order chi connectivity index (χ1) is 13.7. The maximum absolute atomic E-state index is 12.4. The molecule has 1 aromatic rings. The Morgan fingerprint density at radius 1 is 1.14 bits per heavy atom. The number of carbonyl (C=O) groups is 1. The fourth-order valence-corrected chi connectivity index (χ4v) is 3.02. The maximum Gasteiger partial charge on any atom is 0.241 e. The molecule has 0 unspecified atom stereocenters. The van der Waals surface area contributed by atoms with E-state index < -0.39 is 0 Å². The summed E-state index contributed by atoms with van der Waals surface area (Å²) in [4.78, 5) is 19.0. The zero-order valence-electron chi connectivity index (χ0n) is 17.2. The average Bonchev–Trinajstić information content (AvgIpc) is 2.75. The molecule has 0 atom stereocenters. The van der Waals surface area contributed by atoms with E-state index in [1.165, 1.54) is 6.42 Å². The van der Waals surface area contributed by atoms with Crippen molar-refractivity contribution in [2.75, 3.05) is 46.5 Å². The second-order valence-corrected chi connectivity index (χ2v) is 6.79. The van der Waals surface area contributed by atoms with Crippen LogP contribution in [0.1, 0.15) is 38.2 Å². The number of piperidine rings is 1. The fraction of sp³-hybridized carbons (Fsp3) is 0.619. The van der Waals surface area contributed by atoms with Crippen molar-refractivity contribution >= 4 is 11.9 Å². The van der Waals surface area contributed by atoms with E-state index >= 15 is 0 Å². The van der Waals surface area contributed by atoms with Gasteiger partial charge in [0.1, 0.15) is 5.75 Å². The quantitative estimate of drug-likeness (QED) is 0.364. The average molecular weight is 391 g/mol. The number of amides is 1. The summed E-state index contributed by atoms with van der Waals surface area (Å²) in [6.45, 7) is 6.68. The number of likely N-dealkylation sites (tertiary alicyclic amines) is 1. The van der Waals surface area contributed by atoms with Gasteiger partial charge in [0.2, 0.25) is 5.91 Å². The summed E-state index contributed by atoms with van der Waals surface area (Å²) in [6.07, 6.45) is 4.30. The Morgan fingerprint density at radius 2 is 1.89 bits per heavy atom. The minimum Gasteiger partial charge on any atom is -0.497 e. The number of ether oxygens (including phenoxy) is 2. The SMILES string of the molecule is CCOCCCNC(=NCc1ccc(OC)cc1)NCC(=O)N1CCCCC1. The van der Waals surface area contributed by atoms with Gasteiger partial charge in [-0.25, -0.2) is 4.99 Å². The van der Waals surface area contributed by atoms with Crippen LogP contribution in [0.15, 0.2) is 29.3 Å². The molecule has 1 aromatic carbocycles. The predicted octanol–water partition coefficient (Wildman–Crippen LogP) is 2.17. The lowest BCUT2D eigenvalue weighted by Crippen LogP contribution is -2.46. The molecule has 1 aliphatic rings. The molecule has 156 valence electrons. The molecule has 0 bridgehead atoms. The van der Waals surface area contributed by atoms with E-state index in [4.69, 9.17) is 9.47 Å². The van der Waals surface area contributed by atoms with Crippen LogP contribution in [-0.4, -0.2) is 63.3 Å². The molecule has 0 aromatic heterocycles. The molecule has 28 heavy (non-hydrogen) atoms. The number of nitrogens with zero attached hydrogens (tertiary/aromatic N) is 2. The van der Waals surface area contributed by atoms with E-state index in [1.807, 2.05) is 36.1 Å². The van der Waals surface area contributed by atoms with Crippen LogP contribution < -0.4 is 15.4 Å². The Morgan fingerprint density at radius 3 is 2.57 bits per heavy atom. The number of aliphatic imine (C=N–C) groups is 1. The highest BCUT2D eigenvalue weighted by molar-refractivity contribution is 5.86.